The number of ether oxygens (including phenoxy) is 1. The fourth-order valence-electron chi connectivity index (χ4n) is 3.01. The largest absolute Gasteiger partial charge is 0.487 e. The molecule has 162 valence electrons. The first-order chi connectivity index (χ1) is 15.3. The Morgan fingerprint density at radius 3 is 2.56 bits per heavy atom. The first-order valence-electron chi connectivity index (χ1n) is 9.22. The van der Waals surface area contributed by atoms with Crippen LogP contribution in [0.3, 0.4) is 0 Å². The fourth-order valence-corrected chi connectivity index (χ4v) is 6.54. The van der Waals surface area contributed by atoms with Crippen molar-refractivity contribution in [3.05, 3.63) is 94.8 Å². The molecular weight excluding hydrogens is 664 g/mol. The highest BCUT2D eigenvalue weighted by Gasteiger charge is 2.33. The van der Waals surface area contributed by atoms with Gasteiger partial charge < -0.3 is 4.74 Å². The van der Waals surface area contributed by atoms with Gasteiger partial charge in [-0.25, -0.2) is 0 Å². The second-order valence-electron chi connectivity index (χ2n) is 6.69. The number of carbonyl (C=O) groups is 1. The van der Waals surface area contributed by atoms with Gasteiger partial charge >= 0.3 is 0 Å². The molecule has 0 atom stereocenters. The fraction of sp³-hybridized carbons (Fsp3) is 0.0435. The second kappa shape index (κ2) is 10.4. The summed E-state index contributed by atoms with van der Waals surface area (Å²) in [4.78, 5) is 15.1. The number of carbonyl (C=O) groups excluding carboxylic acids is 1. The number of rotatable bonds is 5. The molecule has 32 heavy (non-hydrogen) atoms. The zero-order chi connectivity index (χ0) is 22.8. The second-order valence-corrected chi connectivity index (χ2v) is 11.2. The van der Waals surface area contributed by atoms with E-state index >= 15 is 0 Å². The summed E-state index contributed by atoms with van der Waals surface area (Å²) in [6, 6.07) is 18.6. The van der Waals surface area contributed by atoms with Gasteiger partial charge in [-0.05, 0) is 86.6 Å². The van der Waals surface area contributed by atoms with Crippen LogP contribution in [0.5, 0.6) is 5.75 Å². The van der Waals surface area contributed by atoms with Gasteiger partial charge in [-0.2, -0.15) is 0 Å². The molecule has 1 fully saturated rings. The molecule has 3 nitrogen and oxygen atoms in total. The van der Waals surface area contributed by atoms with Crippen molar-refractivity contribution in [1.82, 2.24) is 0 Å². The molecule has 1 amide bonds. The number of nitrogens with zero attached hydrogens (tertiary/aromatic N) is 1. The van der Waals surface area contributed by atoms with Gasteiger partial charge in [-0.3, -0.25) is 9.69 Å². The van der Waals surface area contributed by atoms with E-state index in [1.807, 2.05) is 54.6 Å². The first kappa shape index (κ1) is 24.0. The van der Waals surface area contributed by atoms with Crippen molar-refractivity contribution in [2.75, 3.05) is 4.90 Å². The molecule has 0 unspecified atom stereocenters. The van der Waals surface area contributed by atoms with Crippen molar-refractivity contribution in [1.29, 1.82) is 0 Å². The SMILES string of the molecule is O=C1/C(=C\c2cc(Br)c(OCc3ccc(Cl)cc3Cl)c(I)c2)SC(=S)N1c1ccccc1. The third kappa shape index (κ3) is 5.34. The summed E-state index contributed by atoms with van der Waals surface area (Å²) >= 11 is 24.7. The predicted octanol–water partition coefficient (Wildman–Crippen LogP) is 8.35. The molecule has 3 aromatic rings. The molecule has 9 heteroatoms. The first-order valence-corrected chi connectivity index (χ1v) is 13.1. The standard InChI is InChI=1S/C23H13BrCl2INO2S2/c24-17-8-13(9-19(27)21(17)30-12-14-6-7-15(25)11-18(14)26)10-20-22(29)28(23(31)32-20)16-4-2-1-3-5-16/h1-11H,12H2/b20-10+. The Hall–Kier alpha value is -1.10. The molecule has 1 aliphatic heterocycles. The van der Waals surface area contributed by atoms with Crippen molar-refractivity contribution >= 4 is 108 Å². The van der Waals surface area contributed by atoms with E-state index in [0.29, 0.717) is 31.6 Å². The van der Waals surface area contributed by atoms with E-state index in [0.717, 1.165) is 24.9 Å². The summed E-state index contributed by atoms with van der Waals surface area (Å²) in [5, 5.41) is 1.14. The lowest BCUT2D eigenvalue weighted by molar-refractivity contribution is -0.113. The Morgan fingerprint density at radius 2 is 1.88 bits per heavy atom. The molecule has 1 aliphatic rings. The Kier molecular flexibility index (Phi) is 7.85. The average molecular weight is 677 g/mol. The molecule has 0 aliphatic carbocycles. The summed E-state index contributed by atoms with van der Waals surface area (Å²) in [6.45, 7) is 0.305. The van der Waals surface area contributed by atoms with Gasteiger partial charge in [0.2, 0.25) is 0 Å². The lowest BCUT2D eigenvalue weighted by atomic mass is 10.2. The Labute approximate surface area is 227 Å². The number of para-hydroxylation sites is 1. The molecule has 0 aromatic heterocycles. The molecule has 0 bridgehead atoms. The van der Waals surface area contributed by atoms with Crippen LogP contribution in [0.15, 0.2) is 70.0 Å². The van der Waals surface area contributed by atoms with Crippen molar-refractivity contribution in [2.45, 2.75) is 6.61 Å². The topological polar surface area (TPSA) is 29.5 Å². The molecule has 0 saturated carbocycles. The number of thiocarbonyl (C=S) groups is 1. The Bertz CT molecular complexity index is 1230. The van der Waals surface area contributed by atoms with Gasteiger partial charge in [0.1, 0.15) is 12.4 Å². The molecule has 0 N–H and O–H groups in total. The molecule has 0 radical (unpaired) electrons. The lowest BCUT2D eigenvalue weighted by Crippen LogP contribution is -2.27. The van der Waals surface area contributed by atoms with E-state index in [-0.39, 0.29) is 5.91 Å². The Balaban J connectivity index is 1.55. The van der Waals surface area contributed by atoms with Crippen LogP contribution in [0.4, 0.5) is 5.69 Å². The van der Waals surface area contributed by atoms with Crippen LogP contribution in [-0.2, 0) is 11.4 Å². The van der Waals surface area contributed by atoms with Crippen LogP contribution in [0, 0.1) is 3.57 Å². The van der Waals surface area contributed by atoms with Gasteiger partial charge in [0.05, 0.1) is 18.6 Å². The van der Waals surface area contributed by atoms with Gasteiger partial charge in [-0.15, -0.1) is 0 Å². The maximum atomic E-state index is 13.0. The highest BCUT2D eigenvalue weighted by molar-refractivity contribution is 14.1. The third-order valence-electron chi connectivity index (χ3n) is 4.51. The number of thioether (sulfide) groups is 1. The maximum Gasteiger partial charge on any atom is 0.270 e. The minimum absolute atomic E-state index is 0.130. The van der Waals surface area contributed by atoms with E-state index in [1.54, 1.807) is 17.0 Å². The summed E-state index contributed by atoms with van der Waals surface area (Å²) in [6.07, 6.45) is 1.84. The predicted molar refractivity (Wildman–Crippen MR) is 150 cm³/mol. The highest BCUT2D eigenvalue weighted by Crippen LogP contribution is 2.38. The van der Waals surface area contributed by atoms with Crippen LogP contribution < -0.4 is 9.64 Å². The Morgan fingerprint density at radius 1 is 1.12 bits per heavy atom. The van der Waals surface area contributed by atoms with Crippen molar-refractivity contribution < 1.29 is 9.53 Å². The van der Waals surface area contributed by atoms with Crippen molar-refractivity contribution in [3.63, 3.8) is 0 Å². The zero-order valence-corrected chi connectivity index (χ0v) is 23.0. The smallest absolute Gasteiger partial charge is 0.270 e. The minimum atomic E-state index is -0.130. The van der Waals surface area contributed by atoms with Crippen molar-refractivity contribution in [3.8, 4) is 5.75 Å². The van der Waals surface area contributed by atoms with Crippen molar-refractivity contribution in [2.24, 2.45) is 0 Å². The van der Waals surface area contributed by atoms with Crippen LogP contribution in [-0.4, -0.2) is 10.2 Å². The normalized spacial score (nSPS) is 15.0. The summed E-state index contributed by atoms with van der Waals surface area (Å²) in [7, 11) is 0. The minimum Gasteiger partial charge on any atom is -0.487 e. The lowest BCUT2D eigenvalue weighted by Gasteiger charge is -2.14. The number of benzene rings is 3. The van der Waals surface area contributed by atoms with E-state index in [9.17, 15) is 4.79 Å². The number of anilines is 1. The molecule has 1 heterocycles. The third-order valence-corrected chi connectivity index (χ3v) is 7.79. The number of hydrogen-bond acceptors (Lipinski definition) is 4. The molecule has 3 aromatic carbocycles. The van der Waals surface area contributed by atoms with E-state index in [1.165, 1.54) is 11.8 Å². The number of hydrogen-bond donors (Lipinski definition) is 0. The zero-order valence-electron chi connectivity index (χ0n) is 16.2. The van der Waals surface area contributed by atoms with E-state index in [4.69, 9.17) is 40.2 Å². The van der Waals surface area contributed by atoms with Crippen LogP contribution in [0.25, 0.3) is 6.08 Å². The van der Waals surface area contributed by atoms with Crippen LogP contribution >= 0.6 is 85.7 Å². The molecule has 4 rings (SSSR count). The van der Waals surface area contributed by atoms with Gasteiger partial charge in [-0.1, -0.05) is 71.4 Å². The van der Waals surface area contributed by atoms with E-state index < -0.39 is 0 Å². The van der Waals surface area contributed by atoms with Crippen LogP contribution in [0.2, 0.25) is 10.0 Å². The number of amides is 1. The molecule has 0 spiro atoms. The van der Waals surface area contributed by atoms with Gasteiger partial charge in [0.15, 0.2) is 4.32 Å². The van der Waals surface area contributed by atoms with Gasteiger partial charge in [0, 0.05) is 15.6 Å². The summed E-state index contributed by atoms with van der Waals surface area (Å²) in [5.74, 6) is 0.570. The molecular formula is C23H13BrCl2INO2S2. The maximum absolute atomic E-state index is 13.0. The van der Waals surface area contributed by atoms with Crippen LogP contribution in [0.1, 0.15) is 11.1 Å². The monoisotopic (exact) mass is 675 g/mol. The van der Waals surface area contributed by atoms with E-state index in [2.05, 4.69) is 38.5 Å². The average Bonchev–Trinajstić information content (AvgIpc) is 3.02. The summed E-state index contributed by atoms with van der Waals surface area (Å²) < 4.78 is 8.20. The summed E-state index contributed by atoms with van der Waals surface area (Å²) in [5.41, 5.74) is 2.47. The van der Waals surface area contributed by atoms with Gasteiger partial charge in [0.25, 0.3) is 5.91 Å². The molecule has 1 saturated heterocycles. The quantitative estimate of drug-likeness (QED) is 0.154. The highest BCUT2D eigenvalue weighted by atomic mass is 127. The number of halogens is 4.